The number of halogens is 1. The quantitative estimate of drug-likeness (QED) is 0.826. The predicted molar refractivity (Wildman–Crippen MR) is 87.6 cm³/mol. The number of Topliss-reactive ketones (excluding diaryl/α,β-unsaturated/α-hetero) is 1. The van der Waals surface area contributed by atoms with Crippen molar-refractivity contribution in [3.05, 3.63) is 75.3 Å². The van der Waals surface area contributed by atoms with E-state index in [1.807, 2.05) is 37.3 Å². The van der Waals surface area contributed by atoms with Crippen LogP contribution in [-0.2, 0) is 6.61 Å². The lowest BCUT2D eigenvalue weighted by atomic mass is 9.92. The van der Waals surface area contributed by atoms with Crippen molar-refractivity contribution >= 4 is 27.5 Å². The Labute approximate surface area is 136 Å². The van der Waals surface area contributed by atoms with Gasteiger partial charge >= 0.3 is 0 Å². The average Bonchev–Trinajstić information content (AvgIpc) is 2.51. The van der Waals surface area contributed by atoms with E-state index in [0.29, 0.717) is 23.5 Å². The Kier molecular flexibility index (Phi) is 3.94. The summed E-state index contributed by atoms with van der Waals surface area (Å²) in [5, 5.41) is 0. The Hall–Kier alpha value is -2.20. The fourth-order valence-electron chi connectivity index (χ4n) is 2.41. The summed E-state index contributed by atoms with van der Waals surface area (Å²) >= 11 is 3.15. The second-order valence-electron chi connectivity index (χ2n) is 5.15. The van der Waals surface area contributed by atoms with Gasteiger partial charge in [0.25, 0.3) is 0 Å². The molecule has 0 aromatic heterocycles. The van der Waals surface area contributed by atoms with E-state index in [9.17, 15) is 9.59 Å². The maximum atomic E-state index is 12.4. The second kappa shape index (κ2) is 5.89. The predicted octanol–water partition coefficient (Wildman–Crippen LogP) is 4.23. The average molecular weight is 357 g/mol. The van der Waals surface area contributed by atoms with Crippen LogP contribution in [0.5, 0.6) is 5.75 Å². The molecule has 0 saturated heterocycles. The third-order valence-corrected chi connectivity index (χ3v) is 4.04. The van der Waals surface area contributed by atoms with Crippen LogP contribution in [0, 0.1) is 6.92 Å². The highest BCUT2D eigenvalue weighted by Gasteiger charge is 2.28. The Bertz CT molecular complexity index is 791. The molecular formula is C18H13BrO3. The molecule has 1 aliphatic carbocycles. The van der Waals surface area contributed by atoms with E-state index in [4.69, 9.17) is 4.74 Å². The van der Waals surface area contributed by atoms with Crippen molar-refractivity contribution in [2.75, 3.05) is 0 Å². The molecule has 0 bridgehead atoms. The van der Waals surface area contributed by atoms with Gasteiger partial charge in [-0.05, 0) is 46.1 Å². The summed E-state index contributed by atoms with van der Waals surface area (Å²) in [6.07, 6.45) is 1.31. The molecule has 0 heterocycles. The summed E-state index contributed by atoms with van der Waals surface area (Å²) in [5.41, 5.74) is 2.62. The van der Waals surface area contributed by atoms with Crippen molar-refractivity contribution in [2.24, 2.45) is 0 Å². The van der Waals surface area contributed by atoms with Crippen molar-refractivity contribution < 1.29 is 14.3 Å². The molecule has 0 aliphatic heterocycles. The molecule has 1 aliphatic rings. The van der Waals surface area contributed by atoms with Gasteiger partial charge < -0.3 is 4.74 Å². The fourth-order valence-corrected chi connectivity index (χ4v) is 2.81. The first-order valence-electron chi connectivity index (χ1n) is 6.84. The zero-order chi connectivity index (χ0) is 15.7. The fraction of sp³-hybridized carbons (Fsp3) is 0.111. The monoisotopic (exact) mass is 356 g/mol. The van der Waals surface area contributed by atoms with Crippen LogP contribution in [0.1, 0.15) is 31.8 Å². The van der Waals surface area contributed by atoms with Gasteiger partial charge in [0.15, 0.2) is 5.78 Å². The SMILES string of the molecule is Cc1cc(OCc2ccccc2)c2c(c1)C(=O)C=C(Br)C2=O. The Balaban J connectivity index is 1.99. The van der Waals surface area contributed by atoms with E-state index >= 15 is 0 Å². The highest BCUT2D eigenvalue weighted by atomic mass is 79.9. The molecule has 0 unspecified atom stereocenters. The first-order valence-corrected chi connectivity index (χ1v) is 7.63. The number of aryl methyl sites for hydroxylation is 1. The van der Waals surface area contributed by atoms with E-state index in [1.165, 1.54) is 6.08 Å². The van der Waals surface area contributed by atoms with E-state index in [0.717, 1.165) is 11.1 Å². The standard InChI is InChI=1S/C18H13BrO3/c1-11-7-13-15(20)9-14(19)18(21)17(13)16(8-11)22-10-12-5-3-2-4-6-12/h2-9H,10H2,1H3. The van der Waals surface area contributed by atoms with Gasteiger partial charge in [-0.25, -0.2) is 0 Å². The number of hydrogen-bond acceptors (Lipinski definition) is 3. The van der Waals surface area contributed by atoms with E-state index in [2.05, 4.69) is 15.9 Å². The highest BCUT2D eigenvalue weighted by molar-refractivity contribution is 9.12. The summed E-state index contributed by atoms with van der Waals surface area (Å²) in [6, 6.07) is 13.2. The van der Waals surface area contributed by atoms with Gasteiger partial charge in [0.05, 0.1) is 10.0 Å². The van der Waals surface area contributed by atoms with Crippen LogP contribution >= 0.6 is 15.9 Å². The number of benzene rings is 2. The number of carbonyl (C=O) groups excluding carboxylic acids is 2. The molecule has 2 aromatic carbocycles. The van der Waals surface area contributed by atoms with Gasteiger partial charge in [-0.2, -0.15) is 0 Å². The number of allylic oxidation sites excluding steroid dienone is 2. The number of rotatable bonds is 3. The number of ketones is 2. The minimum absolute atomic E-state index is 0.185. The largest absolute Gasteiger partial charge is 0.488 e. The third kappa shape index (κ3) is 2.74. The molecule has 0 atom stereocenters. The molecule has 0 spiro atoms. The summed E-state index contributed by atoms with van der Waals surface area (Å²) in [5.74, 6) is 0.0367. The zero-order valence-corrected chi connectivity index (χ0v) is 13.5. The van der Waals surface area contributed by atoms with Crippen LogP contribution in [0.15, 0.2) is 53.0 Å². The van der Waals surface area contributed by atoms with Crippen LogP contribution < -0.4 is 4.74 Å². The van der Waals surface area contributed by atoms with Crippen LogP contribution in [0.3, 0.4) is 0 Å². The van der Waals surface area contributed by atoms with Crippen molar-refractivity contribution in [1.82, 2.24) is 0 Å². The van der Waals surface area contributed by atoms with Crippen molar-refractivity contribution in [2.45, 2.75) is 13.5 Å². The second-order valence-corrected chi connectivity index (χ2v) is 6.00. The van der Waals surface area contributed by atoms with Crippen molar-refractivity contribution in [1.29, 1.82) is 0 Å². The number of hydrogen-bond donors (Lipinski definition) is 0. The third-order valence-electron chi connectivity index (χ3n) is 3.45. The summed E-state index contributed by atoms with van der Waals surface area (Å²) in [7, 11) is 0. The molecule has 110 valence electrons. The summed E-state index contributed by atoms with van der Waals surface area (Å²) in [4.78, 5) is 24.5. The highest BCUT2D eigenvalue weighted by Crippen LogP contribution is 2.33. The molecule has 0 amide bonds. The van der Waals surface area contributed by atoms with E-state index < -0.39 is 0 Å². The Morgan fingerprint density at radius 3 is 2.55 bits per heavy atom. The van der Waals surface area contributed by atoms with Gasteiger partial charge in [0, 0.05) is 11.6 Å². The summed E-state index contributed by atoms with van der Waals surface area (Å²) in [6.45, 7) is 2.22. The first kappa shape index (κ1) is 14.7. The van der Waals surface area contributed by atoms with Crippen LogP contribution in [0.4, 0.5) is 0 Å². The lowest BCUT2D eigenvalue weighted by molar-refractivity contribution is 0.0988. The lowest BCUT2D eigenvalue weighted by Gasteiger charge is -2.17. The van der Waals surface area contributed by atoms with Gasteiger partial charge in [-0.1, -0.05) is 30.3 Å². The smallest absolute Gasteiger partial charge is 0.204 e. The van der Waals surface area contributed by atoms with Crippen molar-refractivity contribution in [3.8, 4) is 5.75 Å². The summed E-state index contributed by atoms with van der Waals surface area (Å²) < 4.78 is 6.08. The topological polar surface area (TPSA) is 43.4 Å². The van der Waals surface area contributed by atoms with Crippen LogP contribution in [0.25, 0.3) is 0 Å². The zero-order valence-electron chi connectivity index (χ0n) is 11.9. The van der Waals surface area contributed by atoms with Crippen molar-refractivity contribution in [3.63, 3.8) is 0 Å². The minimum atomic E-state index is -0.224. The van der Waals surface area contributed by atoms with Gasteiger partial charge in [-0.15, -0.1) is 0 Å². The Morgan fingerprint density at radius 2 is 1.82 bits per heavy atom. The maximum absolute atomic E-state index is 12.4. The van der Waals surface area contributed by atoms with E-state index in [-0.39, 0.29) is 16.0 Å². The number of ether oxygens (including phenoxy) is 1. The van der Waals surface area contributed by atoms with Gasteiger partial charge in [-0.3, -0.25) is 9.59 Å². The lowest BCUT2D eigenvalue weighted by Crippen LogP contribution is -2.16. The normalized spacial score (nSPS) is 13.6. The molecule has 0 N–H and O–H groups in total. The maximum Gasteiger partial charge on any atom is 0.204 e. The number of fused-ring (bicyclic) bond motifs is 1. The Morgan fingerprint density at radius 1 is 1.09 bits per heavy atom. The molecule has 4 heteroatoms. The number of carbonyl (C=O) groups is 2. The molecule has 3 nitrogen and oxygen atoms in total. The minimum Gasteiger partial charge on any atom is -0.488 e. The van der Waals surface area contributed by atoms with Crippen LogP contribution in [-0.4, -0.2) is 11.6 Å². The van der Waals surface area contributed by atoms with E-state index in [1.54, 1.807) is 12.1 Å². The molecule has 0 saturated carbocycles. The molecule has 2 aromatic rings. The molecule has 3 rings (SSSR count). The molecule has 22 heavy (non-hydrogen) atoms. The van der Waals surface area contributed by atoms with Gasteiger partial charge in [0.1, 0.15) is 12.4 Å². The molecule has 0 fully saturated rings. The van der Waals surface area contributed by atoms with Crippen LogP contribution in [0.2, 0.25) is 0 Å². The molecular weight excluding hydrogens is 344 g/mol. The first-order chi connectivity index (χ1) is 10.6. The van der Waals surface area contributed by atoms with Gasteiger partial charge in [0.2, 0.25) is 5.78 Å². The molecule has 0 radical (unpaired) electrons.